The monoisotopic (exact) mass is 226 g/mol. The molecule has 2 aliphatic rings. The molecule has 0 saturated carbocycles. The smallest absolute Gasteiger partial charge is 0.349 e. The molecule has 0 aliphatic carbocycles. The molecule has 0 bridgehead atoms. The van der Waals surface area contributed by atoms with Crippen LogP contribution in [-0.2, 0) is 19.1 Å². The summed E-state index contributed by atoms with van der Waals surface area (Å²) in [6, 6.07) is 0. The minimum atomic E-state index is -0.638. The Balaban J connectivity index is 2.35. The summed E-state index contributed by atoms with van der Waals surface area (Å²) in [6.07, 6.45) is 0. The highest BCUT2D eigenvalue weighted by Gasteiger charge is 2.39. The van der Waals surface area contributed by atoms with Crippen molar-refractivity contribution in [1.82, 2.24) is 9.80 Å². The molecule has 0 aromatic rings. The highest BCUT2D eigenvalue weighted by atomic mass is 16.5. The standard InChI is InChI=1S/C10H14N2O4/c1-15-9(13)7(10(14)16-2)8(11-3-4-11)12-5-6-12/h3-6H2,1-2H3. The van der Waals surface area contributed by atoms with Crippen LogP contribution in [0.4, 0.5) is 0 Å². The quantitative estimate of drug-likeness (QED) is 0.205. The summed E-state index contributed by atoms with van der Waals surface area (Å²) < 4.78 is 9.24. The number of carbonyl (C=O) groups excluding carboxylic acids is 2. The second-order valence-electron chi connectivity index (χ2n) is 3.66. The molecule has 6 nitrogen and oxygen atoms in total. The van der Waals surface area contributed by atoms with Gasteiger partial charge >= 0.3 is 11.9 Å². The Hall–Kier alpha value is -1.72. The molecule has 88 valence electrons. The second-order valence-corrected chi connectivity index (χ2v) is 3.66. The Morgan fingerprint density at radius 3 is 1.50 bits per heavy atom. The number of nitrogens with zero attached hydrogens (tertiary/aromatic N) is 2. The highest BCUT2D eigenvalue weighted by Crippen LogP contribution is 2.28. The Morgan fingerprint density at radius 2 is 1.25 bits per heavy atom. The van der Waals surface area contributed by atoms with E-state index in [1.54, 1.807) is 0 Å². The van der Waals surface area contributed by atoms with Crippen molar-refractivity contribution in [3.63, 3.8) is 0 Å². The number of carbonyl (C=O) groups is 2. The van der Waals surface area contributed by atoms with Crippen LogP contribution in [0.15, 0.2) is 11.4 Å². The summed E-state index contributed by atoms with van der Waals surface area (Å²) >= 11 is 0. The average Bonchev–Trinajstić information content (AvgIpc) is 3.16. The van der Waals surface area contributed by atoms with Crippen molar-refractivity contribution in [3.8, 4) is 0 Å². The van der Waals surface area contributed by atoms with Gasteiger partial charge in [0.05, 0.1) is 14.2 Å². The van der Waals surface area contributed by atoms with Gasteiger partial charge in [0.2, 0.25) is 0 Å². The number of esters is 2. The first-order valence-corrected chi connectivity index (χ1v) is 5.10. The van der Waals surface area contributed by atoms with E-state index in [0.717, 1.165) is 26.2 Å². The van der Waals surface area contributed by atoms with Crippen molar-refractivity contribution in [2.75, 3.05) is 40.4 Å². The van der Waals surface area contributed by atoms with Crippen LogP contribution < -0.4 is 0 Å². The maximum absolute atomic E-state index is 11.6. The third kappa shape index (κ3) is 1.95. The van der Waals surface area contributed by atoms with Crippen LogP contribution in [0.3, 0.4) is 0 Å². The first-order chi connectivity index (χ1) is 7.69. The van der Waals surface area contributed by atoms with Gasteiger partial charge < -0.3 is 19.3 Å². The molecule has 0 aromatic heterocycles. The first kappa shape index (κ1) is 10.8. The van der Waals surface area contributed by atoms with Crippen molar-refractivity contribution in [3.05, 3.63) is 11.4 Å². The van der Waals surface area contributed by atoms with E-state index in [9.17, 15) is 9.59 Å². The van der Waals surface area contributed by atoms with Crippen LogP contribution >= 0.6 is 0 Å². The molecule has 2 fully saturated rings. The van der Waals surface area contributed by atoms with Gasteiger partial charge in [0, 0.05) is 26.2 Å². The predicted octanol–water partition coefficient (Wildman–Crippen LogP) is -0.825. The van der Waals surface area contributed by atoms with Crippen molar-refractivity contribution in [2.24, 2.45) is 0 Å². The van der Waals surface area contributed by atoms with Gasteiger partial charge in [0.25, 0.3) is 0 Å². The van der Waals surface area contributed by atoms with Crippen molar-refractivity contribution < 1.29 is 19.1 Å². The Labute approximate surface area is 93.4 Å². The summed E-state index contributed by atoms with van der Waals surface area (Å²) in [5.41, 5.74) is 0.000000000000000666. The minimum absolute atomic E-state index is 0.000000000000000666. The molecule has 0 spiro atoms. The molecule has 0 atom stereocenters. The molecule has 16 heavy (non-hydrogen) atoms. The molecule has 2 aliphatic heterocycles. The normalized spacial score (nSPS) is 16.6. The van der Waals surface area contributed by atoms with E-state index in [2.05, 4.69) is 9.47 Å². The van der Waals surface area contributed by atoms with E-state index in [-0.39, 0.29) is 5.57 Å². The van der Waals surface area contributed by atoms with Gasteiger partial charge in [0.15, 0.2) is 5.57 Å². The van der Waals surface area contributed by atoms with E-state index in [4.69, 9.17) is 0 Å². The fourth-order valence-electron chi connectivity index (χ4n) is 1.51. The lowest BCUT2D eigenvalue weighted by Crippen LogP contribution is -2.24. The summed E-state index contributed by atoms with van der Waals surface area (Å²) in [4.78, 5) is 27.1. The molecule has 2 saturated heterocycles. The van der Waals surface area contributed by atoms with Gasteiger partial charge in [-0.2, -0.15) is 0 Å². The van der Waals surface area contributed by atoms with Gasteiger partial charge in [-0.3, -0.25) is 0 Å². The fraction of sp³-hybridized carbons (Fsp3) is 0.600. The zero-order chi connectivity index (χ0) is 11.7. The maximum Gasteiger partial charge on any atom is 0.349 e. The first-order valence-electron chi connectivity index (χ1n) is 5.10. The lowest BCUT2D eigenvalue weighted by molar-refractivity contribution is -0.144. The number of hydrogen-bond donors (Lipinski definition) is 0. The topological polar surface area (TPSA) is 58.6 Å². The van der Waals surface area contributed by atoms with Crippen LogP contribution in [0.25, 0.3) is 0 Å². The molecule has 2 rings (SSSR count). The molecule has 0 unspecified atom stereocenters. The number of hydrogen-bond acceptors (Lipinski definition) is 6. The van der Waals surface area contributed by atoms with Gasteiger partial charge in [-0.1, -0.05) is 0 Å². The minimum Gasteiger partial charge on any atom is -0.465 e. The molecule has 0 radical (unpaired) electrons. The van der Waals surface area contributed by atoms with Crippen LogP contribution in [0.5, 0.6) is 0 Å². The third-order valence-corrected chi connectivity index (χ3v) is 2.50. The summed E-state index contributed by atoms with van der Waals surface area (Å²) in [5, 5.41) is 0. The third-order valence-electron chi connectivity index (χ3n) is 2.50. The largest absolute Gasteiger partial charge is 0.465 e. The zero-order valence-corrected chi connectivity index (χ0v) is 9.36. The molecule has 0 aromatic carbocycles. The zero-order valence-electron chi connectivity index (χ0n) is 9.36. The molecule has 6 heteroatoms. The SMILES string of the molecule is COC(=O)C(C(=O)OC)=C(N1CC1)N1CC1. The predicted molar refractivity (Wildman–Crippen MR) is 54.2 cm³/mol. The fourth-order valence-corrected chi connectivity index (χ4v) is 1.51. The van der Waals surface area contributed by atoms with E-state index in [1.165, 1.54) is 14.2 Å². The summed E-state index contributed by atoms with van der Waals surface area (Å²) in [5.74, 6) is -0.625. The average molecular weight is 226 g/mol. The van der Waals surface area contributed by atoms with Crippen LogP contribution in [0.1, 0.15) is 0 Å². The molecular formula is C10H14N2O4. The lowest BCUT2D eigenvalue weighted by atomic mass is 10.2. The Kier molecular flexibility index (Phi) is 2.72. The van der Waals surface area contributed by atoms with E-state index < -0.39 is 11.9 Å². The van der Waals surface area contributed by atoms with Crippen LogP contribution in [0.2, 0.25) is 0 Å². The van der Waals surface area contributed by atoms with E-state index in [0.29, 0.717) is 5.82 Å². The Morgan fingerprint density at radius 1 is 0.875 bits per heavy atom. The molecule has 2 heterocycles. The second kappa shape index (κ2) is 4.03. The summed E-state index contributed by atoms with van der Waals surface area (Å²) in [6.45, 7) is 3.46. The van der Waals surface area contributed by atoms with Gasteiger partial charge in [0.1, 0.15) is 5.82 Å². The molecule has 0 N–H and O–H groups in total. The Bertz CT molecular complexity index is 324. The van der Waals surface area contributed by atoms with Crippen LogP contribution in [0, 0.1) is 0 Å². The molecule has 0 amide bonds. The lowest BCUT2D eigenvalue weighted by Gasteiger charge is -2.14. The van der Waals surface area contributed by atoms with Gasteiger partial charge in [-0.15, -0.1) is 0 Å². The van der Waals surface area contributed by atoms with E-state index >= 15 is 0 Å². The van der Waals surface area contributed by atoms with Crippen molar-refractivity contribution >= 4 is 11.9 Å². The summed E-state index contributed by atoms with van der Waals surface area (Å²) in [7, 11) is 2.51. The van der Waals surface area contributed by atoms with Crippen LogP contribution in [-0.4, -0.2) is 62.1 Å². The maximum atomic E-state index is 11.6. The highest BCUT2D eigenvalue weighted by molar-refractivity contribution is 6.14. The number of ether oxygens (including phenoxy) is 2. The number of rotatable bonds is 4. The van der Waals surface area contributed by atoms with E-state index in [1.807, 2.05) is 9.80 Å². The van der Waals surface area contributed by atoms with Gasteiger partial charge in [-0.25, -0.2) is 9.59 Å². The van der Waals surface area contributed by atoms with Crippen molar-refractivity contribution in [1.29, 1.82) is 0 Å². The number of methoxy groups -OCH3 is 2. The molecular weight excluding hydrogens is 212 g/mol. The van der Waals surface area contributed by atoms with Gasteiger partial charge in [-0.05, 0) is 0 Å². The van der Waals surface area contributed by atoms with Crippen molar-refractivity contribution in [2.45, 2.75) is 0 Å².